The Hall–Kier alpha value is -2.47. The molecule has 1 aliphatic carbocycles. The van der Waals surface area contributed by atoms with Crippen LogP contribution in [0.25, 0.3) is 0 Å². The van der Waals surface area contributed by atoms with Crippen LogP contribution in [0.1, 0.15) is 54.1 Å². The number of hydrogen-bond donors (Lipinski definition) is 1. The molecule has 1 N–H and O–H groups in total. The van der Waals surface area contributed by atoms with Crippen molar-refractivity contribution in [3.8, 4) is 0 Å². The van der Waals surface area contributed by atoms with E-state index in [0.29, 0.717) is 42.5 Å². The number of amides is 1. The first-order valence-corrected chi connectivity index (χ1v) is 10.9. The van der Waals surface area contributed by atoms with Gasteiger partial charge in [0.25, 0.3) is 0 Å². The Kier molecular flexibility index (Phi) is 5.44. The maximum Gasteiger partial charge on any atom is 0.246 e. The highest BCUT2D eigenvalue weighted by molar-refractivity contribution is 7.93. The molecule has 1 aliphatic rings. The summed E-state index contributed by atoms with van der Waals surface area (Å²) in [6.45, 7) is 5.04. The lowest BCUT2D eigenvalue weighted by Crippen LogP contribution is -2.47. The lowest BCUT2D eigenvalue weighted by atomic mass is 10.1. The molecule has 0 atom stereocenters. The van der Waals surface area contributed by atoms with Gasteiger partial charge >= 0.3 is 0 Å². The van der Waals surface area contributed by atoms with Gasteiger partial charge in [0.1, 0.15) is 0 Å². The molecule has 0 radical (unpaired) electrons. The lowest BCUT2D eigenvalue weighted by molar-refractivity contribution is -0.118. The number of ketones is 1. The summed E-state index contributed by atoms with van der Waals surface area (Å²) in [7, 11) is -3.88. The molecule has 2 aromatic carbocycles. The third-order valence-corrected chi connectivity index (χ3v) is 8.14. The first-order valence-electron chi connectivity index (χ1n) is 9.42. The molecule has 0 heterocycles. The number of carbonyl (C=O) groups excluding carboxylic acids is 2. The first kappa shape index (κ1) is 20.3. The molecule has 148 valence electrons. The molecule has 6 heteroatoms. The predicted molar refractivity (Wildman–Crippen MR) is 109 cm³/mol. The van der Waals surface area contributed by atoms with Crippen molar-refractivity contribution in [1.29, 1.82) is 0 Å². The SMILES string of the molecule is CC(=O)c1cccc(NC(=O)C2(S(=O)(=O)c3cc(C)ccc3C)CCCC2)c1. The van der Waals surface area contributed by atoms with E-state index in [1.54, 1.807) is 43.3 Å². The van der Waals surface area contributed by atoms with Crippen molar-refractivity contribution in [3.05, 3.63) is 59.2 Å². The molecular weight excluding hydrogens is 374 g/mol. The van der Waals surface area contributed by atoms with Crippen molar-refractivity contribution in [2.75, 3.05) is 5.32 Å². The van der Waals surface area contributed by atoms with Crippen LogP contribution in [-0.4, -0.2) is 24.9 Å². The Balaban J connectivity index is 2.02. The molecule has 5 nitrogen and oxygen atoms in total. The van der Waals surface area contributed by atoms with Crippen molar-refractivity contribution in [3.63, 3.8) is 0 Å². The van der Waals surface area contributed by atoms with Crippen LogP contribution in [0.4, 0.5) is 5.69 Å². The molecule has 2 aromatic rings. The van der Waals surface area contributed by atoms with Crippen molar-refractivity contribution >= 4 is 27.2 Å². The van der Waals surface area contributed by atoms with E-state index in [1.807, 2.05) is 13.0 Å². The highest BCUT2D eigenvalue weighted by Crippen LogP contribution is 2.42. The monoisotopic (exact) mass is 399 g/mol. The summed E-state index contributed by atoms with van der Waals surface area (Å²) in [6, 6.07) is 11.9. The van der Waals surface area contributed by atoms with Gasteiger partial charge in [-0.2, -0.15) is 0 Å². The Labute approximate surface area is 166 Å². The van der Waals surface area contributed by atoms with E-state index in [0.717, 1.165) is 5.56 Å². The van der Waals surface area contributed by atoms with Crippen LogP contribution in [0, 0.1) is 13.8 Å². The summed E-state index contributed by atoms with van der Waals surface area (Å²) < 4.78 is 25.8. The molecule has 0 unspecified atom stereocenters. The number of nitrogens with one attached hydrogen (secondary N) is 1. The van der Waals surface area contributed by atoms with Gasteiger partial charge in [-0.25, -0.2) is 8.42 Å². The number of rotatable bonds is 5. The van der Waals surface area contributed by atoms with Crippen LogP contribution in [-0.2, 0) is 14.6 Å². The molecule has 0 aromatic heterocycles. The number of aryl methyl sites for hydroxylation is 2. The molecule has 0 aliphatic heterocycles. The minimum absolute atomic E-state index is 0.116. The number of sulfone groups is 1. The highest BCUT2D eigenvalue weighted by atomic mass is 32.2. The van der Waals surface area contributed by atoms with Crippen LogP contribution in [0.5, 0.6) is 0 Å². The second-order valence-electron chi connectivity index (χ2n) is 7.56. The topological polar surface area (TPSA) is 80.3 Å². The number of benzene rings is 2. The Morgan fingerprint density at radius 1 is 1.00 bits per heavy atom. The van der Waals surface area contributed by atoms with Gasteiger partial charge in [0.15, 0.2) is 20.4 Å². The zero-order chi connectivity index (χ0) is 20.5. The smallest absolute Gasteiger partial charge is 0.246 e. The van der Waals surface area contributed by atoms with Crippen molar-refractivity contribution in [2.24, 2.45) is 0 Å². The van der Waals surface area contributed by atoms with Crippen LogP contribution in [0.3, 0.4) is 0 Å². The Morgan fingerprint density at radius 3 is 2.32 bits per heavy atom. The predicted octanol–water partition coefficient (Wildman–Crippen LogP) is 4.23. The van der Waals surface area contributed by atoms with Crippen LogP contribution in [0.15, 0.2) is 47.4 Å². The highest BCUT2D eigenvalue weighted by Gasteiger charge is 2.53. The molecule has 1 amide bonds. The maximum atomic E-state index is 13.6. The van der Waals surface area contributed by atoms with Gasteiger partial charge in [0, 0.05) is 11.3 Å². The Morgan fingerprint density at radius 2 is 1.68 bits per heavy atom. The van der Waals surface area contributed by atoms with Crippen molar-refractivity contribution in [1.82, 2.24) is 0 Å². The second kappa shape index (κ2) is 7.51. The van der Waals surface area contributed by atoms with E-state index in [2.05, 4.69) is 5.32 Å². The lowest BCUT2D eigenvalue weighted by Gasteiger charge is -2.28. The summed E-state index contributed by atoms with van der Waals surface area (Å²) in [5, 5.41) is 2.76. The molecular formula is C22H25NO4S. The van der Waals surface area contributed by atoms with E-state index in [-0.39, 0.29) is 10.7 Å². The molecule has 0 spiro atoms. The molecule has 1 saturated carbocycles. The average Bonchev–Trinajstić information content (AvgIpc) is 3.15. The van der Waals surface area contributed by atoms with E-state index in [1.165, 1.54) is 6.92 Å². The molecule has 0 saturated heterocycles. The van der Waals surface area contributed by atoms with E-state index in [4.69, 9.17) is 0 Å². The van der Waals surface area contributed by atoms with Gasteiger partial charge in [0.2, 0.25) is 5.91 Å². The number of carbonyl (C=O) groups is 2. The van der Waals surface area contributed by atoms with E-state index in [9.17, 15) is 18.0 Å². The van der Waals surface area contributed by atoms with Gasteiger partial charge < -0.3 is 5.32 Å². The minimum atomic E-state index is -3.88. The Bertz CT molecular complexity index is 1030. The van der Waals surface area contributed by atoms with Gasteiger partial charge in [0.05, 0.1) is 4.90 Å². The summed E-state index contributed by atoms with van der Waals surface area (Å²) >= 11 is 0. The fourth-order valence-electron chi connectivity index (χ4n) is 3.83. The maximum absolute atomic E-state index is 13.6. The van der Waals surface area contributed by atoms with E-state index >= 15 is 0 Å². The van der Waals surface area contributed by atoms with Gasteiger partial charge in [-0.1, -0.05) is 37.1 Å². The summed E-state index contributed by atoms with van der Waals surface area (Å²) in [5.74, 6) is -0.638. The van der Waals surface area contributed by atoms with Crippen LogP contribution < -0.4 is 5.32 Å². The number of Topliss-reactive ketones (excluding diaryl/α,β-unsaturated/α-hetero) is 1. The summed E-state index contributed by atoms with van der Waals surface area (Å²) in [5.41, 5.74) is 2.38. The zero-order valence-corrected chi connectivity index (χ0v) is 17.2. The van der Waals surface area contributed by atoms with Crippen molar-refractivity contribution < 1.29 is 18.0 Å². The molecule has 1 fully saturated rings. The molecule has 0 bridgehead atoms. The normalized spacial score (nSPS) is 16.0. The van der Waals surface area contributed by atoms with Crippen LogP contribution >= 0.6 is 0 Å². The summed E-state index contributed by atoms with van der Waals surface area (Å²) in [4.78, 5) is 25.1. The van der Waals surface area contributed by atoms with Gasteiger partial charge in [-0.15, -0.1) is 0 Å². The summed E-state index contributed by atoms with van der Waals surface area (Å²) in [6.07, 6.45) is 1.96. The largest absolute Gasteiger partial charge is 0.325 e. The standard InChI is InChI=1S/C22H25NO4S/c1-15-9-10-16(2)20(13-15)28(26,27)22(11-4-5-12-22)21(25)23-19-8-6-7-18(14-19)17(3)24/h6-10,13-14H,4-5,11-12H2,1-3H3,(H,23,25). The first-order chi connectivity index (χ1) is 13.2. The van der Waals surface area contributed by atoms with E-state index < -0.39 is 20.5 Å². The van der Waals surface area contributed by atoms with Gasteiger partial charge in [-0.05, 0) is 62.9 Å². The molecule has 28 heavy (non-hydrogen) atoms. The third kappa shape index (κ3) is 3.49. The average molecular weight is 400 g/mol. The molecule has 3 rings (SSSR count). The zero-order valence-electron chi connectivity index (χ0n) is 16.4. The number of hydrogen-bond acceptors (Lipinski definition) is 4. The van der Waals surface area contributed by atoms with Gasteiger partial charge in [-0.3, -0.25) is 9.59 Å². The third-order valence-electron chi connectivity index (χ3n) is 5.50. The second-order valence-corrected chi connectivity index (χ2v) is 9.79. The minimum Gasteiger partial charge on any atom is -0.325 e. The number of anilines is 1. The fraction of sp³-hybridized carbons (Fsp3) is 0.364. The van der Waals surface area contributed by atoms with Crippen LogP contribution in [0.2, 0.25) is 0 Å². The van der Waals surface area contributed by atoms with Crippen molar-refractivity contribution in [2.45, 2.75) is 56.1 Å². The fourth-order valence-corrected chi connectivity index (χ4v) is 6.21. The quantitative estimate of drug-likeness (QED) is 0.763.